The van der Waals surface area contributed by atoms with Crippen LogP contribution in [0.5, 0.6) is 0 Å². The van der Waals surface area contributed by atoms with Crippen LogP contribution in [-0.4, -0.2) is 0 Å². The van der Waals surface area contributed by atoms with Gasteiger partial charge in [0.1, 0.15) is 0 Å². The summed E-state index contributed by atoms with van der Waals surface area (Å²) < 4.78 is 0. The molecule has 0 amide bonds. The van der Waals surface area contributed by atoms with E-state index in [0.717, 1.165) is 11.5 Å². The predicted octanol–water partition coefficient (Wildman–Crippen LogP) is 4.71. The lowest BCUT2D eigenvalue weighted by atomic mass is 9.75. The Hall–Kier alpha value is -0.280. The molecular formula is C15H22Cl2N2. The van der Waals surface area contributed by atoms with Crippen molar-refractivity contribution in [2.75, 3.05) is 0 Å². The number of hydrogen-bond acceptors (Lipinski definition) is 2. The van der Waals surface area contributed by atoms with Crippen LogP contribution in [0.25, 0.3) is 0 Å². The Labute approximate surface area is 125 Å². The molecule has 19 heavy (non-hydrogen) atoms. The number of halogens is 2. The second kappa shape index (κ2) is 6.94. The first-order chi connectivity index (χ1) is 9.17. The van der Waals surface area contributed by atoms with Gasteiger partial charge in [0.2, 0.25) is 0 Å². The number of nitrogens with one attached hydrogen (secondary N) is 1. The van der Waals surface area contributed by atoms with Gasteiger partial charge in [-0.15, -0.1) is 0 Å². The normalized spacial score (nSPS) is 25.3. The predicted molar refractivity (Wildman–Crippen MR) is 82.3 cm³/mol. The Bertz CT molecular complexity index is 402. The lowest BCUT2D eigenvalue weighted by Gasteiger charge is -2.34. The van der Waals surface area contributed by atoms with Crippen LogP contribution in [0.3, 0.4) is 0 Å². The Morgan fingerprint density at radius 2 is 2.00 bits per heavy atom. The number of benzene rings is 1. The highest BCUT2D eigenvalue weighted by Gasteiger charge is 2.30. The van der Waals surface area contributed by atoms with Crippen molar-refractivity contribution >= 4 is 23.2 Å². The van der Waals surface area contributed by atoms with Gasteiger partial charge in [0.05, 0.1) is 6.04 Å². The zero-order chi connectivity index (χ0) is 13.8. The average molecular weight is 301 g/mol. The molecule has 1 saturated carbocycles. The van der Waals surface area contributed by atoms with Crippen molar-refractivity contribution in [3.05, 3.63) is 33.8 Å². The first-order valence-electron chi connectivity index (χ1n) is 7.07. The molecule has 2 rings (SSSR count). The smallest absolute Gasteiger partial charge is 0.0517 e. The Morgan fingerprint density at radius 1 is 1.32 bits per heavy atom. The van der Waals surface area contributed by atoms with Gasteiger partial charge in [0, 0.05) is 15.6 Å². The van der Waals surface area contributed by atoms with E-state index in [1.807, 2.05) is 18.2 Å². The molecule has 0 radical (unpaired) electrons. The number of nitrogens with two attached hydrogens (primary N) is 1. The van der Waals surface area contributed by atoms with Crippen LogP contribution in [0.15, 0.2) is 18.2 Å². The standard InChI is InChI=1S/C15H22Cl2N2/c1-2-10-5-3-6-11(9-10)15(19-18)14-12(16)7-4-8-13(14)17/h4,7-8,10-11,15,19H,2-3,5-6,9,18H2,1H3. The summed E-state index contributed by atoms with van der Waals surface area (Å²) >= 11 is 12.6. The molecule has 0 bridgehead atoms. The Morgan fingerprint density at radius 3 is 2.58 bits per heavy atom. The Balaban J connectivity index is 2.24. The molecule has 1 fully saturated rings. The summed E-state index contributed by atoms with van der Waals surface area (Å²) in [4.78, 5) is 0. The molecule has 3 unspecified atom stereocenters. The lowest BCUT2D eigenvalue weighted by molar-refractivity contribution is 0.210. The van der Waals surface area contributed by atoms with Crippen molar-refractivity contribution in [3.63, 3.8) is 0 Å². The first-order valence-corrected chi connectivity index (χ1v) is 7.83. The summed E-state index contributed by atoms with van der Waals surface area (Å²) in [5.74, 6) is 7.11. The van der Waals surface area contributed by atoms with E-state index in [1.54, 1.807) is 0 Å². The van der Waals surface area contributed by atoms with Crippen molar-refractivity contribution in [3.8, 4) is 0 Å². The van der Waals surface area contributed by atoms with Gasteiger partial charge in [-0.3, -0.25) is 11.3 Å². The van der Waals surface area contributed by atoms with E-state index in [4.69, 9.17) is 29.0 Å². The van der Waals surface area contributed by atoms with Gasteiger partial charge in [0.15, 0.2) is 0 Å². The second-order valence-electron chi connectivity index (χ2n) is 5.48. The van der Waals surface area contributed by atoms with E-state index in [9.17, 15) is 0 Å². The van der Waals surface area contributed by atoms with Gasteiger partial charge in [-0.1, -0.05) is 55.5 Å². The molecule has 106 valence electrons. The summed E-state index contributed by atoms with van der Waals surface area (Å²) in [6, 6.07) is 5.69. The van der Waals surface area contributed by atoms with E-state index >= 15 is 0 Å². The Kier molecular flexibility index (Phi) is 5.52. The van der Waals surface area contributed by atoms with Crippen molar-refractivity contribution in [1.29, 1.82) is 0 Å². The summed E-state index contributed by atoms with van der Waals surface area (Å²) in [5, 5.41) is 1.41. The number of hydrogen-bond donors (Lipinski definition) is 2. The molecule has 0 aromatic heterocycles. The molecule has 2 nitrogen and oxygen atoms in total. The quantitative estimate of drug-likeness (QED) is 0.624. The first kappa shape index (κ1) is 15.1. The molecule has 3 atom stereocenters. The molecule has 1 aliphatic rings. The minimum atomic E-state index is 0.0514. The van der Waals surface area contributed by atoms with Crippen molar-refractivity contribution < 1.29 is 0 Å². The second-order valence-corrected chi connectivity index (χ2v) is 6.30. The highest BCUT2D eigenvalue weighted by atomic mass is 35.5. The van der Waals surface area contributed by atoms with E-state index in [-0.39, 0.29) is 6.04 Å². The lowest BCUT2D eigenvalue weighted by Crippen LogP contribution is -2.36. The van der Waals surface area contributed by atoms with Gasteiger partial charge in [-0.05, 0) is 36.8 Å². The van der Waals surface area contributed by atoms with Gasteiger partial charge in [-0.2, -0.15) is 0 Å². The highest BCUT2D eigenvalue weighted by Crippen LogP contribution is 2.41. The summed E-state index contributed by atoms with van der Waals surface area (Å²) in [5.41, 5.74) is 3.90. The maximum atomic E-state index is 6.31. The van der Waals surface area contributed by atoms with Crippen LogP contribution in [0.4, 0.5) is 0 Å². The summed E-state index contributed by atoms with van der Waals surface area (Å²) in [6.45, 7) is 2.26. The number of rotatable bonds is 4. The van der Waals surface area contributed by atoms with Crippen LogP contribution in [0, 0.1) is 11.8 Å². The van der Waals surface area contributed by atoms with Gasteiger partial charge < -0.3 is 0 Å². The maximum absolute atomic E-state index is 6.31. The SMILES string of the molecule is CCC1CCCC(C(NN)c2c(Cl)cccc2Cl)C1. The zero-order valence-electron chi connectivity index (χ0n) is 11.3. The maximum Gasteiger partial charge on any atom is 0.0517 e. The molecule has 0 spiro atoms. The fraction of sp³-hybridized carbons (Fsp3) is 0.600. The minimum absolute atomic E-state index is 0.0514. The van der Waals surface area contributed by atoms with Crippen LogP contribution in [0.2, 0.25) is 10.0 Å². The third-order valence-corrected chi connectivity index (χ3v) is 5.02. The van der Waals surface area contributed by atoms with E-state index in [2.05, 4.69) is 12.3 Å². The molecule has 3 N–H and O–H groups in total. The highest BCUT2D eigenvalue weighted by molar-refractivity contribution is 6.36. The molecule has 4 heteroatoms. The largest absolute Gasteiger partial charge is 0.271 e. The fourth-order valence-corrected chi connectivity index (χ4v) is 3.90. The molecule has 1 aliphatic carbocycles. The summed E-state index contributed by atoms with van der Waals surface area (Å²) in [7, 11) is 0. The van der Waals surface area contributed by atoms with Gasteiger partial charge in [-0.25, -0.2) is 0 Å². The van der Waals surface area contributed by atoms with Crippen molar-refractivity contribution in [2.24, 2.45) is 17.7 Å². The van der Waals surface area contributed by atoms with Crippen LogP contribution in [-0.2, 0) is 0 Å². The average Bonchev–Trinajstić information content (AvgIpc) is 2.43. The summed E-state index contributed by atoms with van der Waals surface area (Å²) in [6.07, 6.45) is 6.23. The van der Waals surface area contributed by atoms with Crippen LogP contribution in [0.1, 0.15) is 50.6 Å². The molecular weight excluding hydrogens is 279 g/mol. The third kappa shape index (κ3) is 3.43. The number of hydrazine groups is 1. The van der Waals surface area contributed by atoms with Crippen molar-refractivity contribution in [2.45, 2.75) is 45.1 Å². The molecule has 0 saturated heterocycles. The molecule has 1 aromatic carbocycles. The molecule has 1 aromatic rings. The van der Waals surface area contributed by atoms with Gasteiger partial charge in [0.25, 0.3) is 0 Å². The molecule has 0 heterocycles. The van der Waals surface area contributed by atoms with Crippen LogP contribution >= 0.6 is 23.2 Å². The fourth-order valence-electron chi connectivity index (χ4n) is 3.27. The van der Waals surface area contributed by atoms with Crippen LogP contribution < -0.4 is 11.3 Å². The van der Waals surface area contributed by atoms with Gasteiger partial charge >= 0.3 is 0 Å². The monoisotopic (exact) mass is 300 g/mol. The zero-order valence-corrected chi connectivity index (χ0v) is 12.8. The van der Waals surface area contributed by atoms with E-state index < -0.39 is 0 Å². The molecule has 0 aliphatic heterocycles. The van der Waals surface area contributed by atoms with E-state index in [1.165, 1.54) is 32.1 Å². The van der Waals surface area contributed by atoms with Crippen molar-refractivity contribution in [1.82, 2.24) is 5.43 Å². The minimum Gasteiger partial charge on any atom is -0.271 e. The van der Waals surface area contributed by atoms with E-state index in [0.29, 0.717) is 16.0 Å². The third-order valence-electron chi connectivity index (χ3n) is 4.36. The topological polar surface area (TPSA) is 38.0 Å².